The fourth-order valence-electron chi connectivity index (χ4n) is 6.76. The van der Waals surface area contributed by atoms with Crippen molar-refractivity contribution in [2.45, 2.75) is 30.8 Å². The molecule has 2 atom stereocenters. The number of imidazole rings is 1. The summed E-state index contributed by atoms with van der Waals surface area (Å²) in [4.78, 5) is 34.3. The highest BCUT2D eigenvalue weighted by atomic mass is 16.6. The number of carbonyl (C=O) groups excluding carboxylic acids is 1. The first-order valence-electron chi connectivity index (χ1n) is 17.1. The molecule has 4 aromatic carbocycles. The minimum Gasteiger partial charge on any atom is -0.497 e. The molecule has 0 fully saturated rings. The number of rotatable bonds is 12. The number of carboxylic acids is 1. The van der Waals surface area contributed by atoms with Gasteiger partial charge in [0.2, 0.25) is 0 Å². The lowest BCUT2D eigenvalue weighted by Gasteiger charge is -2.39. The molecule has 2 aliphatic heterocycles. The van der Waals surface area contributed by atoms with Gasteiger partial charge in [-0.05, 0) is 71.7 Å². The molecular weight excluding hydrogens is 674 g/mol. The number of benzene rings is 4. The predicted octanol–water partition coefficient (Wildman–Crippen LogP) is 6.16. The first kappa shape index (κ1) is 35.2. The number of amides is 1. The van der Waals surface area contributed by atoms with Crippen molar-refractivity contribution < 1.29 is 33.6 Å². The van der Waals surface area contributed by atoms with E-state index in [4.69, 9.17) is 18.9 Å². The van der Waals surface area contributed by atoms with Crippen LogP contribution in [0.25, 0.3) is 0 Å². The molecule has 1 aromatic heterocycles. The lowest BCUT2D eigenvalue weighted by Crippen LogP contribution is -2.42. The van der Waals surface area contributed by atoms with Gasteiger partial charge in [-0.1, -0.05) is 72.8 Å². The molecule has 270 valence electrons. The summed E-state index contributed by atoms with van der Waals surface area (Å²) >= 11 is 0. The van der Waals surface area contributed by atoms with Crippen LogP contribution in [0.4, 0.5) is 5.82 Å². The largest absolute Gasteiger partial charge is 0.497 e. The third kappa shape index (κ3) is 6.89. The van der Waals surface area contributed by atoms with E-state index in [0.717, 1.165) is 16.7 Å². The molecule has 7 rings (SSSR count). The number of hydrogen-bond acceptors (Lipinski definition) is 9. The monoisotopic (exact) mass is 713 g/mol. The summed E-state index contributed by atoms with van der Waals surface area (Å²) in [5.74, 6) is 0.951. The Hall–Kier alpha value is -6.24. The molecule has 0 aliphatic carbocycles. The van der Waals surface area contributed by atoms with Crippen LogP contribution in [-0.4, -0.2) is 65.5 Å². The van der Waals surface area contributed by atoms with Crippen LogP contribution in [0.15, 0.2) is 132 Å². The zero-order valence-electron chi connectivity index (χ0n) is 29.5. The van der Waals surface area contributed by atoms with Crippen molar-refractivity contribution in [1.82, 2.24) is 14.9 Å². The number of aromatic nitrogens is 2. The fraction of sp³-hybridized carbons (Fsp3) is 0.220. The van der Waals surface area contributed by atoms with Crippen LogP contribution in [0.2, 0.25) is 0 Å². The van der Waals surface area contributed by atoms with E-state index < -0.39 is 23.4 Å². The van der Waals surface area contributed by atoms with Gasteiger partial charge in [0.1, 0.15) is 40.9 Å². The van der Waals surface area contributed by atoms with Crippen LogP contribution >= 0.6 is 0 Å². The lowest BCUT2D eigenvalue weighted by atomic mass is 9.79. The summed E-state index contributed by atoms with van der Waals surface area (Å²) in [5.41, 5.74) is 1.62. The molecule has 0 saturated carbocycles. The number of aliphatic carboxylic acids is 1. The Labute approximate surface area is 306 Å². The van der Waals surface area contributed by atoms with Gasteiger partial charge in [0.25, 0.3) is 5.91 Å². The summed E-state index contributed by atoms with van der Waals surface area (Å²) in [6.45, 7) is 1.99. The van der Waals surface area contributed by atoms with Gasteiger partial charge < -0.3 is 34.7 Å². The van der Waals surface area contributed by atoms with Crippen molar-refractivity contribution in [3.63, 3.8) is 0 Å². The summed E-state index contributed by atoms with van der Waals surface area (Å²) in [6, 6.07) is 34.1. The van der Waals surface area contributed by atoms with Crippen LogP contribution in [0, 0.1) is 0 Å². The minimum absolute atomic E-state index is 0.0281. The van der Waals surface area contributed by atoms with Crippen molar-refractivity contribution in [3.05, 3.63) is 155 Å². The van der Waals surface area contributed by atoms with Gasteiger partial charge >= 0.3 is 5.97 Å². The molecule has 0 bridgehead atoms. The van der Waals surface area contributed by atoms with E-state index in [2.05, 4.69) is 20.6 Å². The van der Waals surface area contributed by atoms with Crippen molar-refractivity contribution >= 4 is 23.5 Å². The van der Waals surface area contributed by atoms with Gasteiger partial charge in [-0.2, -0.15) is 0 Å². The standard InChI is InChI=1S/C41H39N5O7/c1-40(24-52-41(28-12-8-5-9-13-28,29-14-18-32(50-2)19-15-29)30-16-20-33(51-3)21-17-30)31(23-35(47)48)22-34(53-40)46-26-44-36-37(42-25-43-38(36)46)45-39(49)27-10-6-4-7-11-27/h4-22,26,34,43H,23-25H2,1-3H3,(H,47,48)(H,42,45,49)/t34?,40-/m1/s1. The smallest absolute Gasteiger partial charge is 0.307 e. The zero-order chi connectivity index (χ0) is 37.0. The quantitative estimate of drug-likeness (QED) is 0.102. The molecule has 0 saturated heterocycles. The highest BCUT2D eigenvalue weighted by Crippen LogP contribution is 2.46. The molecule has 5 aromatic rings. The van der Waals surface area contributed by atoms with Gasteiger partial charge in [0.15, 0.2) is 12.1 Å². The normalized spacial score (nSPS) is 17.9. The van der Waals surface area contributed by atoms with E-state index in [1.807, 2.05) is 91.9 Å². The van der Waals surface area contributed by atoms with Gasteiger partial charge in [0.05, 0.1) is 33.6 Å². The Bertz CT molecular complexity index is 2100. The van der Waals surface area contributed by atoms with Gasteiger partial charge in [-0.25, -0.2) is 9.98 Å². The van der Waals surface area contributed by atoms with Crippen LogP contribution in [0.3, 0.4) is 0 Å². The molecule has 1 unspecified atom stereocenters. The van der Waals surface area contributed by atoms with Gasteiger partial charge in [0, 0.05) is 5.56 Å². The van der Waals surface area contributed by atoms with E-state index in [1.54, 1.807) is 55.5 Å². The molecule has 2 aliphatic rings. The second kappa shape index (κ2) is 14.8. The Morgan fingerprint density at radius 2 is 1.49 bits per heavy atom. The van der Waals surface area contributed by atoms with Gasteiger partial charge in [-0.3, -0.25) is 14.2 Å². The number of nitrogens with zero attached hydrogens (tertiary/aromatic N) is 3. The number of amidine groups is 1. The SMILES string of the molecule is COc1ccc(C(OC[C@@]2(C)OC(n3cnc4c3NCN=C4NC(=O)c3ccccc3)C=C2CC(=O)O)(c2ccccc2)c2ccc(OC)cc2)cc1. The van der Waals surface area contributed by atoms with Crippen molar-refractivity contribution in [2.24, 2.45) is 4.99 Å². The number of carboxylic acid groups (broad SMARTS) is 1. The van der Waals surface area contributed by atoms with Crippen LogP contribution in [0.1, 0.15) is 52.3 Å². The number of ether oxygens (including phenoxy) is 4. The molecule has 53 heavy (non-hydrogen) atoms. The Morgan fingerprint density at radius 1 is 0.906 bits per heavy atom. The number of aliphatic imine (C=N–C) groups is 1. The Balaban J connectivity index is 1.24. The van der Waals surface area contributed by atoms with Crippen molar-refractivity contribution in [1.29, 1.82) is 0 Å². The summed E-state index contributed by atoms with van der Waals surface area (Å²) < 4.78 is 26.7. The van der Waals surface area contributed by atoms with E-state index in [0.29, 0.717) is 40.0 Å². The minimum atomic E-state index is -1.19. The highest BCUT2D eigenvalue weighted by Gasteiger charge is 2.46. The molecule has 12 nitrogen and oxygen atoms in total. The molecule has 1 amide bonds. The van der Waals surface area contributed by atoms with E-state index >= 15 is 0 Å². The van der Waals surface area contributed by atoms with Crippen LogP contribution in [-0.2, 0) is 19.9 Å². The molecule has 3 heterocycles. The number of methoxy groups -OCH3 is 2. The molecule has 12 heteroatoms. The number of fused-ring (bicyclic) bond motifs is 1. The van der Waals surface area contributed by atoms with Gasteiger partial charge in [-0.15, -0.1) is 0 Å². The average molecular weight is 714 g/mol. The third-order valence-electron chi connectivity index (χ3n) is 9.53. The molecule has 3 N–H and O–H groups in total. The number of nitrogens with one attached hydrogen (secondary N) is 2. The highest BCUT2D eigenvalue weighted by molar-refractivity contribution is 6.14. The summed E-state index contributed by atoms with van der Waals surface area (Å²) in [7, 11) is 3.23. The molecule has 0 spiro atoms. The van der Waals surface area contributed by atoms with E-state index in [-0.39, 0.29) is 25.6 Å². The van der Waals surface area contributed by atoms with E-state index in [1.165, 1.54) is 0 Å². The summed E-state index contributed by atoms with van der Waals surface area (Å²) in [5, 5.41) is 16.1. The number of carbonyl (C=O) groups is 2. The lowest BCUT2D eigenvalue weighted by molar-refractivity contribution is -0.139. The Kier molecular flexibility index (Phi) is 9.81. The predicted molar refractivity (Wildman–Crippen MR) is 198 cm³/mol. The number of hydrogen-bond donors (Lipinski definition) is 3. The summed E-state index contributed by atoms with van der Waals surface area (Å²) in [6.07, 6.45) is 2.35. The average Bonchev–Trinajstić information content (AvgIpc) is 3.77. The first-order chi connectivity index (χ1) is 25.7. The van der Waals surface area contributed by atoms with E-state index in [9.17, 15) is 14.7 Å². The van der Waals surface area contributed by atoms with Crippen molar-refractivity contribution in [3.8, 4) is 11.5 Å². The maximum absolute atomic E-state index is 13.0. The topological polar surface area (TPSA) is 146 Å². The van der Waals surface area contributed by atoms with Crippen LogP contribution in [0.5, 0.6) is 11.5 Å². The third-order valence-corrected chi connectivity index (χ3v) is 9.53. The zero-order valence-corrected chi connectivity index (χ0v) is 29.5. The van der Waals surface area contributed by atoms with Crippen LogP contribution < -0.4 is 20.1 Å². The fourth-order valence-corrected chi connectivity index (χ4v) is 6.76. The maximum Gasteiger partial charge on any atom is 0.307 e. The second-order valence-electron chi connectivity index (χ2n) is 12.8. The molecule has 0 radical (unpaired) electrons. The first-order valence-corrected chi connectivity index (χ1v) is 17.1. The Morgan fingerprint density at radius 3 is 2.08 bits per heavy atom. The molecular formula is C41H39N5O7. The second-order valence-corrected chi connectivity index (χ2v) is 12.8. The van der Waals surface area contributed by atoms with Crippen molar-refractivity contribution in [2.75, 3.05) is 32.8 Å². The number of anilines is 1. The maximum atomic E-state index is 13.0.